The van der Waals surface area contributed by atoms with Crippen LogP contribution in [0.25, 0.3) is 0 Å². The summed E-state index contributed by atoms with van der Waals surface area (Å²) in [6, 6.07) is 3.97. The van der Waals surface area contributed by atoms with Gasteiger partial charge in [-0.05, 0) is 31.2 Å². The summed E-state index contributed by atoms with van der Waals surface area (Å²) < 4.78 is 44.6. The van der Waals surface area contributed by atoms with E-state index in [0.717, 1.165) is 45.3 Å². The van der Waals surface area contributed by atoms with E-state index >= 15 is 0 Å². The van der Waals surface area contributed by atoms with Gasteiger partial charge in [-0.1, -0.05) is 15.9 Å². The van der Waals surface area contributed by atoms with Crippen molar-refractivity contribution in [2.24, 2.45) is 0 Å². The fourth-order valence-electron chi connectivity index (χ4n) is 2.26. The molecule has 118 valence electrons. The molecule has 3 nitrogen and oxygen atoms in total. The van der Waals surface area contributed by atoms with E-state index in [1.807, 2.05) is 0 Å². The highest BCUT2D eigenvalue weighted by atomic mass is 79.9. The van der Waals surface area contributed by atoms with Gasteiger partial charge in [-0.3, -0.25) is 4.90 Å². The van der Waals surface area contributed by atoms with Crippen LogP contribution in [0.4, 0.5) is 18.9 Å². The molecule has 2 rings (SSSR count). The standard InChI is InChI=1S/C14H18BrF3N2O/c15-11-2-3-12(14(16,17)18)13(10-11)19-4-1-5-20-6-8-21-9-7-20/h2-3,10,19H,1,4-9H2. The highest BCUT2D eigenvalue weighted by molar-refractivity contribution is 9.10. The van der Waals surface area contributed by atoms with Crippen molar-refractivity contribution in [1.82, 2.24) is 4.90 Å². The van der Waals surface area contributed by atoms with Crippen molar-refractivity contribution in [1.29, 1.82) is 0 Å². The number of benzene rings is 1. The molecule has 0 bridgehead atoms. The van der Waals surface area contributed by atoms with Crippen LogP contribution >= 0.6 is 15.9 Å². The lowest BCUT2D eigenvalue weighted by molar-refractivity contribution is -0.137. The lowest BCUT2D eigenvalue weighted by Gasteiger charge is -2.26. The molecule has 21 heavy (non-hydrogen) atoms. The topological polar surface area (TPSA) is 24.5 Å². The van der Waals surface area contributed by atoms with Crippen LogP contribution in [0.5, 0.6) is 0 Å². The summed E-state index contributed by atoms with van der Waals surface area (Å²) in [5.41, 5.74) is -0.504. The zero-order valence-electron chi connectivity index (χ0n) is 11.5. The average molecular weight is 367 g/mol. The lowest BCUT2D eigenvalue weighted by Crippen LogP contribution is -2.37. The van der Waals surface area contributed by atoms with Gasteiger partial charge in [0.05, 0.1) is 18.8 Å². The third-order valence-corrected chi connectivity index (χ3v) is 3.85. The Bertz CT molecular complexity index is 462. The minimum absolute atomic E-state index is 0.124. The van der Waals surface area contributed by atoms with Gasteiger partial charge in [0.25, 0.3) is 0 Å². The first-order valence-electron chi connectivity index (χ1n) is 6.87. The second-order valence-electron chi connectivity index (χ2n) is 4.92. The van der Waals surface area contributed by atoms with Gasteiger partial charge in [-0.25, -0.2) is 0 Å². The highest BCUT2D eigenvalue weighted by Crippen LogP contribution is 2.36. The predicted octanol–water partition coefficient (Wildman–Crippen LogP) is 3.60. The largest absolute Gasteiger partial charge is 0.418 e. The van der Waals surface area contributed by atoms with E-state index < -0.39 is 11.7 Å². The second kappa shape index (κ2) is 7.47. The molecule has 0 amide bonds. The molecule has 0 aliphatic carbocycles. The summed E-state index contributed by atoms with van der Waals surface area (Å²) in [6.45, 7) is 4.63. The number of alkyl halides is 3. The number of ether oxygens (including phenoxy) is 1. The molecule has 1 fully saturated rings. The van der Waals surface area contributed by atoms with Gasteiger partial charge in [0.1, 0.15) is 0 Å². The first-order chi connectivity index (χ1) is 9.97. The number of morpholine rings is 1. The zero-order valence-corrected chi connectivity index (χ0v) is 13.1. The van der Waals surface area contributed by atoms with Crippen LogP contribution in [0.3, 0.4) is 0 Å². The Kier molecular flexibility index (Phi) is 5.89. The van der Waals surface area contributed by atoms with Crippen molar-refractivity contribution in [3.05, 3.63) is 28.2 Å². The summed E-state index contributed by atoms with van der Waals surface area (Å²) in [5, 5.41) is 2.89. The van der Waals surface area contributed by atoms with Gasteiger partial charge in [-0.15, -0.1) is 0 Å². The molecule has 7 heteroatoms. The third kappa shape index (κ3) is 5.16. The Labute approximate surface area is 130 Å². The smallest absolute Gasteiger partial charge is 0.384 e. The summed E-state index contributed by atoms with van der Waals surface area (Å²) in [6.07, 6.45) is -3.54. The molecule has 0 radical (unpaired) electrons. The van der Waals surface area contributed by atoms with Gasteiger partial charge in [0, 0.05) is 29.8 Å². The van der Waals surface area contributed by atoms with Gasteiger partial charge in [0.15, 0.2) is 0 Å². The van der Waals surface area contributed by atoms with Crippen molar-refractivity contribution in [2.45, 2.75) is 12.6 Å². The van der Waals surface area contributed by atoms with Crippen molar-refractivity contribution in [2.75, 3.05) is 44.7 Å². The quantitative estimate of drug-likeness (QED) is 0.805. The number of halogens is 4. The molecule has 0 saturated carbocycles. The van der Waals surface area contributed by atoms with Gasteiger partial charge >= 0.3 is 6.18 Å². The molecule has 1 aromatic rings. The molecule has 1 N–H and O–H groups in total. The van der Waals surface area contributed by atoms with Gasteiger partial charge < -0.3 is 10.1 Å². The molecule has 0 atom stereocenters. The molecule has 0 unspecified atom stereocenters. The molecular formula is C14H18BrF3N2O. The minimum atomic E-state index is -4.34. The Morgan fingerprint density at radius 1 is 1.24 bits per heavy atom. The Balaban J connectivity index is 1.86. The normalized spacial score (nSPS) is 17.0. The van der Waals surface area contributed by atoms with Crippen molar-refractivity contribution < 1.29 is 17.9 Å². The van der Waals surface area contributed by atoms with E-state index in [2.05, 4.69) is 26.1 Å². The van der Waals surface area contributed by atoms with E-state index in [1.165, 1.54) is 12.1 Å². The molecular weight excluding hydrogens is 349 g/mol. The lowest BCUT2D eigenvalue weighted by atomic mass is 10.1. The van der Waals surface area contributed by atoms with Crippen LogP contribution in [-0.2, 0) is 10.9 Å². The van der Waals surface area contributed by atoms with Crippen molar-refractivity contribution in [3.8, 4) is 0 Å². The Morgan fingerprint density at radius 3 is 2.62 bits per heavy atom. The maximum absolute atomic E-state index is 12.9. The Hall–Kier alpha value is -0.790. The SMILES string of the molecule is FC(F)(F)c1ccc(Br)cc1NCCCN1CCOCC1. The van der Waals surface area contributed by atoms with Crippen LogP contribution in [0, 0.1) is 0 Å². The Morgan fingerprint density at radius 2 is 1.95 bits per heavy atom. The van der Waals surface area contributed by atoms with E-state index in [0.29, 0.717) is 11.0 Å². The minimum Gasteiger partial charge on any atom is -0.384 e. The molecule has 1 saturated heterocycles. The highest BCUT2D eigenvalue weighted by Gasteiger charge is 2.33. The molecule has 0 aromatic heterocycles. The first-order valence-corrected chi connectivity index (χ1v) is 7.67. The molecule has 1 heterocycles. The maximum atomic E-state index is 12.9. The molecule has 0 spiro atoms. The average Bonchev–Trinajstić information content (AvgIpc) is 2.43. The summed E-state index contributed by atoms with van der Waals surface area (Å²) in [4.78, 5) is 2.26. The predicted molar refractivity (Wildman–Crippen MR) is 79.5 cm³/mol. The number of hydrogen-bond acceptors (Lipinski definition) is 3. The van der Waals surface area contributed by atoms with Crippen LogP contribution in [-0.4, -0.2) is 44.3 Å². The number of nitrogens with one attached hydrogen (secondary N) is 1. The number of nitrogens with zero attached hydrogens (tertiary/aromatic N) is 1. The maximum Gasteiger partial charge on any atom is 0.418 e. The molecule has 1 aliphatic rings. The fourth-order valence-corrected chi connectivity index (χ4v) is 2.62. The van der Waals surface area contributed by atoms with Crippen LogP contribution in [0.1, 0.15) is 12.0 Å². The van der Waals surface area contributed by atoms with Crippen LogP contribution in [0.15, 0.2) is 22.7 Å². The second-order valence-corrected chi connectivity index (χ2v) is 5.84. The number of hydrogen-bond donors (Lipinski definition) is 1. The number of anilines is 1. The van der Waals surface area contributed by atoms with E-state index in [-0.39, 0.29) is 5.69 Å². The molecule has 1 aliphatic heterocycles. The summed E-state index contributed by atoms with van der Waals surface area (Å²) in [7, 11) is 0. The van der Waals surface area contributed by atoms with E-state index in [1.54, 1.807) is 0 Å². The first kappa shape index (κ1) is 16.6. The summed E-state index contributed by atoms with van der Waals surface area (Å²) >= 11 is 3.21. The monoisotopic (exact) mass is 366 g/mol. The molecule has 1 aromatic carbocycles. The van der Waals surface area contributed by atoms with E-state index in [4.69, 9.17) is 4.74 Å². The van der Waals surface area contributed by atoms with Crippen molar-refractivity contribution >= 4 is 21.6 Å². The number of rotatable bonds is 5. The summed E-state index contributed by atoms with van der Waals surface area (Å²) in [5.74, 6) is 0. The zero-order chi connectivity index (χ0) is 15.3. The van der Waals surface area contributed by atoms with Gasteiger partial charge in [0.2, 0.25) is 0 Å². The van der Waals surface area contributed by atoms with E-state index in [9.17, 15) is 13.2 Å². The van der Waals surface area contributed by atoms with Crippen LogP contribution < -0.4 is 5.32 Å². The third-order valence-electron chi connectivity index (χ3n) is 3.36. The van der Waals surface area contributed by atoms with Crippen molar-refractivity contribution in [3.63, 3.8) is 0 Å². The fraction of sp³-hybridized carbons (Fsp3) is 0.571. The van der Waals surface area contributed by atoms with Gasteiger partial charge in [-0.2, -0.15) is 13.2 Å². The van der Waals surface area contributed by atoms with Crippen LogP contribution in [0.2, 0.25) is 0 Å².